The molecule has 0 heterocycles. The number of amides is 2. The smallest absolute Gasteiger partial charge is 0.248 e. The van der Waals surface area contributed by atoms with Gasteiger partial charge in [0.25, 0.3) is 0 Å². The summed E-state index contributed by atoms with van der Waals surface area (Å²) in [5.41, 5.74) is 12.9. The number of carbonyl (C=O) groups excluding carboxylic acids is 2. The number of rotatable bonds is 5. The predicted molar refractivity (Wildman–Crippen MR) is 81.7 cm³/mol. The Labute approximate surface area is 123 Å². The fourth-order valence-electron chi connectivity index (χ4n) is 1.95. The summed E-state index contributed by atoms with van der Waals surface area (Å²) in [4.78, 5) is 23.1. The number of anilines is 1. The van der Waals surface area contributed by atoms with Crippen LogP contribution in [0.3, 0.4) is 0 Å². The van der Waals surface area contributed by atoms with Crippen molar-refractivity contribution in [3.05, 3.63) is 65.7 Å². The van der Waals surface area contributed by atoms with E-state index in [0.29, 0.717) is 17.7 Å². The fourth-order valence-corrected chi connectivity index (χ4v) is 1.95. The van der Waals surface area contributed by atoms with Gasteiger partial charge in [0.2, 0.25) is 11.8 Å². The van der Waals surface area contributed by atoms with E-state index >= 15 is 0 Å². The molecule has 0 aliphatic carbocycles. The molecule has 2 amide bonds. The Kier molecular flexibility index (Phi) is 4.68. The molecule has 2 aromatic carbocycles. The van der Waals surface area contributed by atoms with Crippen LogP contribution >= 0.6 is 0 Å². The van der Waals surface area contributed by atoms with E-state index < -0.39 is 11.9 Å². The van der Waals surface area contributed by atoms with Gasteiger partial charge in [-0.15, -0.1) is 0 Å². The molecule has 0 aliphatic heterocycles. The Balaban J connectivity index is 2.00. The van der Waals surface area contributed by atoms with E-state index in [9.17, 15) is 9.59 Å². The molecule has 5 heteroatoms. The Morgan fingerprint density at radius 2 is 1.76 bits per heavy atom. The SMILES string of the molecule is NC(=O)c1cccc(NC(=O)[C@H](N)Cc2ccccc2)c1. The highest BCUT2D eigenvalue weighted by molar-refractivity contribution is 5.97. The lowest BCUT2D eigenvalue weighted by atomic mass is 10.1. The summed E-state index contributed by atoms with van der Waals surface area (Å²) in [6.07, 6.45) is 0.447. The minimum absolute atomic E-state index is 0.305. The minimum Gasteiger partial charge on any atom is -0.366 e. The standard InChI is InChI=1S/C16H17N3O2/c17-14(9-11-5-2-1-3-6-11)16(21)19-13-8-4-7-12(10-13)15(18)20/h1-8,10,14H,9,17H2,(H2,18,20)(H,19,21)/t14-/m1/s1. The van der Waals surface area contributed by atoms with Crippen LogP contribution in [0, 0.1) is 0 Å². The van der Waals surface area contributed by atoms with Crippen LogP contribution in [0.1, 0.15) is 15.9 Å². The zero-order chi connectivity index (χ0) is 15.2. The van der Waals surface area contributed by atoms with E-state index in [-0.39, 0.29) is 5.91 Å². The van der Waals surface area contributed by atoms with E-state index in [1.165, 1.54) is 6.07 Å². The lowest BCUT2D eigenvalue weighted by Crippen LogP contribution is -2.37. The molecule has 2 aromatic rings. The highest BCUT2D eigenvalue weighted by Gasteiger charge is 2.14. The Bertz CT molecular complexity index is 641. The van der Waals surface area contributed by atoms with Crippen molar-refractivity contribution in [1.29, 1.82) is 0 Å². The van der Waals surface area contributed by atoms with Gasteiger partial charge in [0.15, 0.2) is 0 Å². The van der Waals surface area contributed by atoms with Gasteiger partial charge in [-0.2, -0.15) is 0 Å². The van der Waals surface area contributed by atoms with Crippen LogP contribution in [-0.2, 0) is 11.2 Å². The van der Waals surface area contributed by atoms with Crippen LogP contribution in [-0.4, -0.2) is 17.9 Å². The fraction of sp³-hybridized carbons (Fsp3) is 0.125. The van der Waals surface area contributed by atoms with Crippen molar-refractivity contribution in [2.75, 3.05) is 5.32 Å². The van der Waals surface area contributed by atoms with Gasteiger partial charge in [-0.25, -0.2) is 0 Å². The van der Waals surface area contributed by atoms with E-state index in [1.54, 1.807) is 18.2 Å². The maximum absolute atomic E-state index is 12.0. The summed E-state index contributed by atoms with van der Waals surface area (Å²) < 4.78 is 0. The first-order valence-corrected chi connectivity index (χ1v) is 6.56. The summed E-state index contributed by atoms with van der Waals surface area (Å²) in [6.45, 7) is 0. The molecule has 0 unspecified atom stereocenters. The number of hydrogen-bond acceptors (Lipinski definition) is 3. The zero-order valence-electron chi connectivity index (χ0n) is 11.5. The largest absolute Gasteiger partial charge is 0.366 e. The first-order chi connectivity index (χ1) is 10.1. The van der Waals surface area contributed by atoms with Crippen molar-refractivity contribution in [1.82, 2.24) is 0 Å². The van der Waals surface area contributed by atoms with Gasteiger partial charge in [-0.1, -0.05) is 36.4 Å². The average molecular weight is 283 g/mol. The first kappa shape index (κ1) is 14.7. The number of carbonyl (C=O) groups is 2. The second-order valence-electron chi connectivity index (χ2n) is 4.73. The van der Waals surface area contributed by atoms with Crippen LogP contribution in [0.25, 0.3) is 0 Å². The van der Waals surface area contributed by atoms with Gasteiger partial charge < -0.3 is 16.8 Å². The molecule has 21 heavy (non-hydrogen) atoms. The highest BCUT2D eigenvalue weighted by Crippen LogP contribution is 2.11. The van der Waals surface area contributed by atoms with Crippen molar-refractivity contribution >= 4 is 17.5 Å². The maximum Gasteiger partial charge on any atom is 0.248 e. The number of nitrogens with two attached hydrogens (primary N) is 2. The predicted octanol–water partition coefficient (Wildman–Crippen LogP) is 1.29. The molecule has 0 saturated carbocycles. The number of nitrogens with one attached hydrogen (secondary N) is 1. The molecule has 0 bridgehead atoms. The molecule has 5 N–H and O–H groups in total. The third-order valence-corrected chi connectivity index (χ3v) is 3.05. The molecule has 5 nitrogen and oxygen atoms in total. The lowest BCUT2D eigenvalue weighted by Gasteiger charge is -2.12. The highest BCUT2D eigenvalue weighted by atomic mass is 16.2. The molecular formula is C16H17N3O2. The molecule has 0 fully saturated rings. The van der Waals surface area contributed by atoms with Gasteiger partial charge in [0.1, 0.15) is 0 Å². The summed E-state index contributed by atoms with van der Waals surface area (Å²) in [5, 5.41) is 2.69. The van der Waals surface area contributed by atoms with Crippen molar-refractivity contribution in [3.8, 4) is 0 Å². The molecule has 2 rings (SSSR count). The topological polar surface area (TPSA) is 98.2 Å². The molecule has 1 atom stereocenters. The summed E-state index contributed by atoms with van der Waals surface area (Å²) in [5.74, 6) is -0.847. The van der Waals surface area contributed by atoms with Gasteiger partial charge in [0, 0.05) is 11.3 Å². The van der Waals surface area contributed by atoms with E-state index in [4.69, 9.17) is 11.5 Å². The van der Waals surface area contributed by atoms with Crippen molar-refractivity contribution in [2.45, 2.75) is 12.5 Å². The number of benzene rings is 2. The molecule has 108 valence electrons. The molecule has 0 aromatic heterocycles. The average Bonchev–Trinajstić information content (AvgIpc) is 2.48. The van der Waals surface area contributed by atoms with Crippen LogP contribution < -0.4 is 16.8 Å². The van der Waals surface area contributed by atoms with E-state index in [2.05, 4.69) is 5.32 Å². The zero-order valence-corrected chi connectivity index (χ0v) is 11.5. The second kappa shape index (κ2) is 6.67. The summed E-state index contributed by atoms with van der Waals surface area (Å²) in [6, 6.07) is 15.3. The molecule has 0 aliphatic rings. The summed E-state index contributed by atoms with van der Waals surface area (Å²) in [7, 11) is 0. The van der Waals surface area contributed by atoms with E-state index in [0.717, 1.165) is 5.56 Å². The second-order valence-corrected chi connectivity index (χ2v) is 4.73. The van der Waals surface area contributed by atoms with E-state index in [1.807, 2.05) is 30.3 Å². The number of hydrogen-bond donors (Lipinski definition) is 3. The maximum atomic E-state index is 12.0. The van der Waals surface area contributed by atoms with Gasteiger partial charge in [-0.3, -0.25) is 9.59 Å². The van der Waals surface area contributed by atoms with Crippen LogP contribution in [0.4, 0.5) is 5.69 Å². The molecule has 0 radical (unpaired) electrons. The number of primary amides is 1. The minimum atomic E-state index is -0.662. The van der Waals surface area contributed by atoms with Crippen LogP contribution in [0.15, 0.2) is 54.6 Å². The normalized spacial score (nSPS) is 11.7. The van der Waals surface area contributed by atoms with Gasteiger partial charge in [-0.05, 0) is 30.2 Å². The molecule has 0 spiro atoms. The van der Waals surface area contributed by atoms with Gasteiger partial charge in [0.05, 0.1) is 6.04 Å². The van der Waals surface area contributed by atoms with Crippen molar-refractivity contribution < 1.29 is 9.59 Å². The van der Waals surface area contributed by atoms with Crippen molar-refractivity contribution in [2.24, 2.45) is 11.5 Å². The Morgan fingerprint density at radius 3 is 2.43 bits per heavy atom. The first-order valence-electron chi connectivity index (χ1n) is 6.56. The van der Waals surface area contributed by atoms with Crippen LogP contribution in [0.2, 0.25) is 0 Å². The monoisotopic (exact) mass is 283 g/mol. The van der Waals surface area contributed by atoms with Crippen LogP contribution in [0.5, 0.6) is 0 Å². The molecular weight excluding hydrogens is 266 g/mol. The van der Waals surface area contributed by atoms with Crippen molar-refractivity contribution in [3.63, 3.8) is 0 Å². The lowest BCUT2D eigenvalue weighted by molar-refractivity contribution is -0.117. The third kappa shape index (κ3) is 4.15. The Morgan fingerprint density at radius 1 is 1.05 bits per heavy atom. The third-order valence-electron chi connectivity index (χ3n) is 3.05. The Hall–Kier alpha value is -2.66. The molecule has 0 saturated heterocycles. The summed E-state index contributed by atoms with van der Waals surface area (Å²) >= 11 is 0. The van der Waals surface area contributed by atoms with Gasteiger partial charge >= 0.3 is 0 Å². The quantitative estimate of drug-likeness (QED) is 0.771.